The fourth-order valence-electron chi connectivity index (χ4n) is 2.24. The summed E-state index contributed by atoms with van der Waals surface area (Å²) in [6.45, 7) is 2.83. The van der Waals surface area contributed by atoms with Crippen LogP contribution in [0.5, 0.6) is 5.75 Å². The number of carbonyl (C=O) groups excluding carboxylic acids is 1. The molecule has 116 valence electrons. The number of phenolic OH excluding ortho intramolecular Hbond substituents is 1. The van der Waals surface area contributed by atoms with Crippen LogP contribution in [-0.4, -0.2) is 17.7 Å². The van der Waals surface area contributed by atoms with Crippen LogP contribution in [0.1, 0.15) is 30.5 Å². The molecule has 0 radical (unpaired) electrons. The van der Waals surface area contributed by atoms with Crippen molar-refractivity contribution in [2.75, 3.05) is 6.61 Å². The molecule has 2 aromatic carbocycles. The SMILES string of the molecule is CCOC(=O)CC(NCc1ccccc1)c1ccc(O)cc1. The van der Waals surface area contributed by atoms with Crippen molar-refractivity contribution in [2.24, 2.45) is 0 Å². The zero-order valence-electron chi connectivity index (χ0n) is 12.7. The molecule has 0 fully saturated rings. The normalized spacial score (nSPS) is 11.9. The quantitative estimate of drug-likeness (QED) is 0.771. The summed E-state index contributed by atoms with van der Waals surface area (Å²) in [5.41, 5.74) is 2.09. The number of hydrogen-bond acceptors (Lipinski definition) is 4. The van der Waals surface area contributed by atoms with Crippen LogP contribution in [-0.2, 0) is 16.1 Å². The first kappa shape index (κ1) is 16.0. The summed E-state index contributed by atoms with van der Waals surface area (Å²) in [7, 11) is 0. The average Bonchev–Trinajstić information content (AvgIpc) is 2.53. The standard InChI is InChI=1S/C18H21NO3/c1-2-22-18(21)12-17(15-8-10-16(20)11-9-15)19-13-14-6-4-3-5-7-14/h3-11,17,19-20H,2,12-13H2,1H3. The zero-order chi connectivity index (χ0) is 15.8. The first-order valence-electron chi connectivity index (χ1n) is 7.41. The lowest BCUT2D eigenvalue weighted by Crippen LogP contribution is -2.24. The maximum atomic E-state index is 11.8. The molecule has 0 heterocycles. The summed E-state index contributed by atoms with van der Waals surface area (Å²) >= 11 is 0. The van der Waals surface area contributed by atoms with Gasteiger partial charge < -0.3 is 15.2 Å². The molecule has 2 aromatic rings. The molecular weight excluding hydrogens is 278 g/mol. The van der Waals surface area contributed by atoms with Gasteiger partial charge in [0.2, 0.25) is 0 Å². The van der Waals surface area contributed by atoms with Gasteiger partial charge in [0.15, 0.2) is 0 Å². The minimum atomic E-state index is -0.235. The second-order valence-electron chi connectivity index (χ2n) is 5.02. The zero-order valence-corrected chi connectivity index (χ0v) is 12.7. The molecule has 0 saturated carbocycles. The van der Waals surface area contributed by atoms with Gasteiger partial charge in [-0.1, -0.05) is 42.5 Å². The highest BCUT2D eigenvalue weighted by molar-refractivity contribution is 5.70. The number of hydrogen-bond donors (Lipinski definition) is 2. The first-order chi connectivity index (χ1) is 10.7. The van der Waals surface area contributed by atoms with Gasteiger partial charge in [-0.15, -0.1) is 0 Å². The van der Waals surface area contributed by atoms with Gasteiger partial charge in [0, 0.05) is 12.6 Å². The molecule has 1 unspecified atom stereocenters. The van der Waals surface area contributed by atoms with Crippen molar-refractivity contribution in [1.29, 1.82) is 0 Å². The van der Waals surface area contributed by atoms with E-state index in [1.54, 1.807) is 19.1 Å². The van der Waals surface area contributed by atoms with Crippen molar-refractivity contribution >= 4 is 5.97 Å². The summed E-state index contributed by atoms with van der Waals surface area (Å²) in [5, 5.41) is 12.8. The number of benzene rings is 2. The maximum absolute atomic E-state index is 11.8. The van der Waals surface area contributed by atoms with Crippen LogP contribution in [0.4, 0.5) is 0 Å². The van der Waals surface area contributed by atoms with E-state index in [1.807, 2.05) is 42.5 Å². The highest BCUT2D eigenvalue weighted by Gasteiger charge is 2.16. The van der Waals surface area contributed by atoms with Crippen LogP contribution in [0, 0.1) is 0 Å². The molecule has 4 heteroatoms. The molecule has 0 spiro atoms. The van der Waals surface area contributed by atoms with E-state index in [-0.39, 0.29) is 24.2 Å². The Morgan fingerprint density at radius 3 is 2.45 bits per heavy atom. The van der Waals surface area contributed by atoms with Crippen LogP contribution in [0.15, 0.2) is 54.6 Å². The first-order valence-corrected chi connectivity index (χ1v) is 7.41. The van der Waals surface area contributed by atoms with Crippen molar-refractivity contribution in [3.8, 4) is 5.75 Å². The third kappa shape index (κ3) is 4.90. The number of aromatic hydroxyl groups is 1. The predicted molar refractivity (Wildman–Crippen MR) is 85.4 cm³/mol. The van der Waals surface area contributed by atoms with Gasteiger partial charge in [0.1, 0.15) is 5.75 Å². The predicted octanol–water partition coefficient (Wildman–Crippen LogP) is 3.18. The van der Waals surface area contributed by atoms with Gasteiger partial charge in [-0.05, 0) is 30.2 Å². The third-order valence-electron chi connectivity index (χ3n) is 3.37. The van der Waals surface area contributed by atoms with E-state index in [9.17, 15) is 9.90 Å². The molecule has 0 aromatic heterocycles. The van der Waals surface area contributed by atoms with Gasteiger partial charge in [0.25, 0.3) is 0 Å². The number of nitrogens with one attached hydrogen (secondary N) is 1. The third-order valence-corrected chi connectivity index (χ3v) is 3.37. The molecule has 0 saturated heterocycles. The summed E-state index contributed by atoms with van der Waals surface area (Å²) in [5.74, 6) is -0.0252. The highest BCUT2D eigenvalue weighted by atomic mass is 16.5. The monoisotopic (exact) mass is 299 g/mol. The summed E-state index contributed by atoms with van der Waals surface area (Å²) in [6, 6.07) is 16.7. The topological polar surface area (TPSA) is 58.6 Å². The lowest BCUT2D eigenvalue weighted by Gasteiger charge is -2.18. The Hall–Kier alpha value is -2.33. The highest BCUT2D eigenvalue weighted by Crippen LogP contribution is 2.21. The number of rotatable bonds is 7. The molecular formula is C18H21NO3. The molecule has 0 aliphatic carbocycles. The Labute approximate surface area is 130 Å². The van der Waals surface area contributed by atoms with Gasteiger partial charge in [0.05, 0.1) is 13.0 Å². The largest absolute Gasteiger partial charge is 0.508 e. The number of carbonyl (C=O) groups is 1. The maximum Gasteiger partial charge on any atom is 0.307 e. The van der Waals surface area contributed by atoms with E-state index in [0.29, 0.717) is 13.2 Å². The van der Waals surface area contributed by atoms with E-state index < -0.39 is 0 Å². The number of esters is 1. The van der Waals surface area contributed by atoms with Crippen LogP contribution in [0.2, 0.25) is 0 Å². The van der Waals surface area contributed by atoms with Crippen molar-refractivity contribution in [2.45, 2.75) is 25.9 Å². The summed E-state index contributed by atoms with van der Waals surface area (Å²) < 4.78 is 5.04. The Morgan fingerprint density at radius 1 is 1.14 bits per heavy atom. The van der Waals surface area contributed by atoms with Gasteiger partial charge in [-0.3, -0.25) is 4.79 Å². The molecule has 0 amide bonds. The van der Waals surface area contributed by atoms with Crippen molar-refractivity contribution < 1.29 is 14.6 Å². The molecule has 2 rings (SSSR count). The second kappa shape index (κ2) is 8.20. The van der Waals surface area contributed by atoms with Crippen molar-refractivity contribution in [3.63, 3.8) is 0 Å². The van der Waals surface area contributed by atoms with Gasteiger partial charge in [-0.25, -0.2) is 0 Å². The fraction of sp³-hybridized carbons (Fsp3) is 0.278. The smallest absolute Gasteiger partial charge is 0.307 e. The molecule has 2 N–H and O–H groups in total. The Bertz CT molecular complexity index is 581. The van der Waals surface area contributed by atoms with Crippen molar-refractivity contribution in [1.82, 2.24) is 5.32 Å². The van der Waals surface area contributed by atoms with Crippen LogP contribution < -0.4 is 5.32 Å². The van der Waals surface area contributed by atoms with E-state index in [0.717, 1.165) is 11.1 Å². The minimum Gasteiger partial charge on any atom is -0.508 e. The minimum absolute atomic E-state index is 0.153. The lowest BCUT2D eigenvalue weighted by atomic mass is 10.0. The molecule has 4 nitrogen and oxygen atoms in total. The van der Waals surface area contributed by atoms with Gasteiger partial charge in [-0.2, -0.15) is 0 Å². The summed E-state index contributed by atoms with van der Waals surface area (Å²) in [4.78, 5) is 11.8. The Morgan fingerprint density at radius 2 is 1.82 bits per heavy atom. The number of ether oxygens (including phenoxy) is 1. The molecule has 0 aliphatic heterocycles. The molecule has 22 heavy (non-hydrogen) atoms. The van der Waals surface area contributed by atoms with E-state index in [1.165, 1.54) is 0 Å². The van der Waals surface area contributed by atoms with Crippen LogP contribution in [0.3, 0.4) is 0 Å². The van der Waals surface area contributed by atoms with Gasteiger partial charge >= 0.3 is 5.97 Å². The second-order valence-corrected chi connectivity index (χ2v) is 5.02. The molecule has 0 bridgehead atoms. The Kier molecular flexibility index (Phi) is 5.98. The van der Waals surface area contributed by atoms with Crippen molar-refractivity contribution in [3.05, 3.63) is 65.7 Å². The summed E-state index contributed by atoms with van der Waals surface area (Å²) in [6.07, 6.45) is 0.255. The van der Waals surface area contributed by atoms with Crippen LogP contribution >= 0.6 is 0 Å². The Balaban J connectivity index is 2.07. The molecule has 0 aliphatic rings. The van der Waals surface area contributed by atoms with E-state index in [2.05, 4.69) is 5.32 Å². The van der Waals surface area contributed by atoms with E-state index >= 15 is 0 Å². The van der Waals surface area contributed by atoms with E-state index in [4.69, 9.17) is 4.74 Å². The fourth-order valence-corrected chi connectivity index (χ4v) is 2.24. The average molecular weight is 299 g/mol. The van der Waals surface area contributed by atoms with Crippen LogP contribution in [0.25, 0.3) is 0 Å². The molecule has 1 atom stereocenters. The number of phenols is 1. The lowest BCUT2D eigenvalue weighted by molar-refractivity contribution is -0.143.